The highest BCUT2D eigenvalue weighted by molar-refractivity contribution is 7.92. The van der Waals surface area contributed by atoms with E-state index in [1.165, 1.54) is 0 Å². The Hall–Kier alpha value is -2.56. The molecule has 1 spiro atoms. The summed E-state index contributed by atoms with van der Waals surface area (Å²) < 4.78 is 25.9. The molecule has 0 N–H and O–H groups in total. The molecule has 34 heavy (non-hydrogen) atoms. The SMILES string of the molecule is O=S1(=O)CC(N2Cc3cc(Cl)ccc3-n3c(nnc3C3CC4(C3)CN(c3ccncn3)C4)C2)C1. The highest BCUT2D eigenvalue weighted by Gasteiger charge is 2.54. The van der Waals surface area contributed by atoms with Crippen molar-refractivity contribution in [2.75, 3.05) is 29.5 Å². The van der Waals surface area contributed by atoms with Crippen LogP contribution in [-0.2, 0) is 22.9 Å². The molecule has 1 aliphatic carbocycles. The summed E-state index contributed by atoms with van der Waals surface area (Å²) in [6.07, 6.45) is 5.55. The van der Waals surface area contributed by atoms with E-state index in [0.29, 0.717) is 29.4 Å². The topological polar surface area (TPSA) is 97.1 Å². The molecule has 5 heterocycles. The number of hydrogen-bond donors (Lipinski definition) is 0. The van der Waals surface area contributed by atoms with E-state index in [4.69, 9.17) is 11.6 Å². The number of hydrogen-bond acceptors (Lipinski definition) is 8. The Kier molecular flexibility index (Phi) is 4.41. The average Bonchev–Trinajstić information content (AvgIpc) is 3.06. The molecule has 0 bridgehead atoms. The lowest BCUT2D eigenvalue weighted by molar-refractivity contribution is 0.0581. The van der Waals surface area contributed by atoms with E-state index < -0.39 is 9.84 Å². The first-order valence-electron chi connectivity index (χ1n) is 11.6. The third-order valence-electron chi connectivity index (χ3n) is 7.83. The summed E-state index contributed by atoms with van der Waals surface area (Å²) in [6.45, 7) is 3.26. The van der Waals surface area contributed by atoms with Crippen molar-refractivity contribution in [2.24, 2.45) is 5.41 Å². The summed E-state index contributed by atoms with van der Waals surface area (Å²) in [7, 11) is -2.91. The van der Waals surface area contributed by atoms with E-state index in [2.05, 4.69) is 34.5 Å². The molecule has 0 radical (unpaired) electrons. The van der Waals surface area contributed by atoms with E-state index >= 15 is 0 Å². The van der Waals surface area contributed by atoms with Crippen molar-refractivity contribution in [3.05, 3.63) is 59.0 Å². The summed E-state index contributed by atoms with van der Waals surface area (Å²) >= 11 is 6.35. The number of rotatable bonds is 3. The first kappa shape index (κ1) is 20.8. The van der Waals surface area contributed by atoms with Crippen molar-refractivity contribution in [3.63, 3.8) is 0 Å². The molecule has 0 atom stereocenters. The first-order valence-corrected chi connectivity index (χ1v) is 13.8. The van der Waals surface area contributed by atoms with Gasteiger partial charge in [-0.15, -0.1) is 10.2 Å². The summed E-state index contributed by atoms with van der Waals surface area (Å²) in [6, 6.07) is 7.92. The van der Waals surface area contributed by atoms with Gasteiger partial charge < -0.3 is 4.90 Å². The van der Waals surface area contributed by atoms with Crippen LogP contribution < -0.4 is 4.90 Å². The summed E-state index contributed by atoms with van der Waals surface area (Å²) in [4.78, 5) is 12.9. The van der Waals surface area contributed by atoms with E-state index in [9.17, 15) is 8.42 Å². The van der Waals surface area contributed by atoms with Crippen molar-refractivity contribution in [2.45, 2.75) is 37.9 Å². The zero-order chi connectivity index (χ0) is 23.1. The van der Waals surface area contributed by atoms with Crippen molar-refractivity contribution in [1.29, 1.82) is 0 Å². The maximum Gasteiger partial charge on any atom is 0.153 e. The highest BCUT2D eigenvalue weighted by Crippen LogP contribution is 2.56. The zero-order valence-electron chi connectivity index (χ0n) is 18.5. The Balaban J connectivity index is 1.15. The van der Waals surface area contributed by atoms with Crippen LogP contribution in [0.15, 0.2) is 36.8 Å². The van der Waals surface area contributed by atoms with E-state index in [1.54, 1.807) is 12.5 Å². The van der Waals surface area contributed by atoms with Crippen LogP contribution in [0.2, 0.25) is 5.02 Å². The molecule has 1 saturated carbocycles. The molecule has 11 heteroatoms. The predicted molar refractivity (Wildman–Crippen MR) is 127 cm³/mol. The fourth-order valence-corrected chi connectivity index (χ4v) is 7.84. The zero-order valence-corrected chi connectivity index (χ0v) is 20.1. The number of sulfone groups is 1. The molecule has 4 aliphatic rings. The van der Waals surface area contributed by atoms with Crippen LogP contribution in [0.4, 0.5) is 5.82 Å². The molecule has 3 aromatic rings. The third kappa shape index (κ3) is 3.26. The highest BCUT2D eigenvalue weighted by atomic mass is 35.5. The average molecular weight is 498 g/mol. The lowest BCUT2D eigenvalue weighted by atomic mass is 9.57. The van der Waals surface area contributed by atoms with Crippen LogP contribution in [0.5, 0.6) is 0 Å². The Labute approximate surface area is 202 Å². The van der Waals surface area contributed by atoms with Gasteiger partial charge in [-0.2, -0.15) is 0 Å². The van der Waals surface area contributed by atoms with Gasteiger partial charge >= 0.3 is 0 Å². The van der Waals surface area contributed by atoms with Gasteiger partial charge in [-0.05, 0) is 42.7 Å². The summed E-state index contributed by atoms with van der Waals surface area (Å²) in [5, 5.41) is 9.92. The van der Waals surface area contributed by atoms with Gasteiger partial charge in [-0.3, -0.25) is 9.47 Å². The Bertz CT molecular complexity index is 1370. The fraction of sp³-hybridized carbons (Fsp3) is 0.478. The predicted octanol–water partition coefficient (Wildman–Crippen LogP) is 2.21. The quantitative estimate of drug-likeness (QED) is 0.543. The Morgan fingerprint density at radius 2 is 1.88 bits per heavy atom. The van der Waals surface area contributed by atoms with Gasteiger partial charge in [0.05, 0.1) is 23.7 Å². The largest absolute Gasteiger partial charge is 0.355 e. The minimum absolute atomic E-state index is 0.0123. The number of halogens is 1. The molecule has 176 valence electrons. The van der Waals surface area contributed by atoms with Gasteiger partial charge in [0.1, 0.15) is 18.0 Å². The molecular formula is C23H24ClN7O2S. The van der Waals surface area contributed by atoms with E-state index in [1.807, 2.05) is 24.3 Å². The van der Waals surface area contributed by atoms with Gasteiger partial charge in [0.2, 0.25) is 0 Å². The van der Waals surface area contributed by atoms with Crippen LogP contribution in [-0.4, -0.2) is 68.7 Å². The monoisotopic (exact) mass is 497 g/mol. The summed E-state index contributed by atoms with van der Waals surface area (Å²) in [5.74, 6) is 3.64. The number of anilines is 1. The lowest BCUT2D eigenvalue weighted by Crippen LogP contribution is -2.62. The van der Waals surface area contributed by atoms with Crippen molar-refractivity contribution >= 4 is 27.3 Å². The standard InChI is InChI=1S/C23H24ClN7O2S/c24-17-1-2-19-15(5-17)8-29(18-10-34(32,33)11-18)9-21-27-28-22(31(19)21)16-6-23(7-16)12-30(13-23)20-3-4-25-14-26-20/h1-5,14,16,18H,6-13H2. The molecule has 1 aromatic carbocycles. The maximum absolute atomic E-state index is 11.8. The minimum Gasteiger partial charge on any atom is -0.355 e. The van der Waals surface area contributed by atoms with Gasteiger partial charge in [0.25, 0.3) is 0 Å². The fourth-order valence-electron chi connectivity index (χ4n) is 6.14. The normalized spacial score (nSPS) is 25.0. The van der Waals surface area contributed by atoms with Gasteiger partial charge in [0, 0.05) is 48.2 Å². The molecule has 9 nitrogen and oxygen atoms in total. The molecule has 2 saturated heterocycles. The number of fused-ring (bicyclic) bond motifs is 3. The Morgan fingerprint density at radius 1 is 1.06 bits per heavy atom. The second-order valence-corrected chi connectivity index (χ2v) is 12.8. The van der Waals surface area contributed by atoms with Crippen LogP contribution in [0, 0.1) is 5.41 Å². The Morgan fingerprint density at radius 3 is 2.62 bits per heavy atom. The van der Waals surface area contributed by atoms with Crippen molar-refractivity contribution in [1.82, 2.24) is 29.6 Å². The number of aromatic nitrogens is 5. The minimum atomic E-state index is -2.91. The van der Waals surface area contributed by atoms with Gasteiger partial charge in [-0.1, -0.05) is 11.6 Å². The first-order chi connectivity index (χ1) is 16.4. The van der Waals surface area contributed by atoms with Crippen LogP contribution >= 0.6 is 11.6 Å². The van der Waals surface area contributed by atoms with Crippen LogP contribution in [0.3, 0.4) is 0 Å². The van der Waals surface area contributed by atoms with E-state index in [-0.39, 0.29) is 17.5 Å². The number of benzene rings is 1. The van der Waals surface area contributed by atoms with Crippen molar-refractivity contribution in [3.8, 4) is 5.69 Å². The summed E-state index contributed by atoms with van der Waals surface area (Å²) in [5.41, 5.74) is 2.47. The third-order valence-corrected chi connectivity index (χ3v) is 9.85. The van der Waals surface area contributed by atoms with Gasteiger partial charge in [0.15, 0.2) is 15.7 Å². The molecular weight excluding hydrogens is 474 g/mol. The second-order valence-electron chi connectivity index (χ2n) is 10.2. The molecule has 3 aliphatic heterocycles. The smallest absolute Gasteiger partial charge is 0.153 e. The van der Waals surface area contributed by atoms with E-state index in [0.717, 1.165) is 54.6 Å². The maximum atomic E-state index is 11.8. The lowest BCUT2D eigenvalue weighted by Gasteiger charge is -2.59. The molecule has 3 fully saturated rings. The molecule has 7 rings (SSSR count). The van der Waals surface area contributed by atoms with Gasteiger partial charge in [-0.25, -0.2) is 18.4 Å². The van der Waals surface area contributed by atoms with Crippen molar-refractivity contribution < 1.29 is 8.42 Å². The number of nitrogens with zero attached hydrogens (tertiary/aromatic N) is 7. The molecule has 2 aromatic heterocycles. The molecule has 0 amide bonds. The van der Waals surface area contributed by atoms with Crippen LogP contribution in [0.25, 0.3) is 5.69 Å². The van der Waals surface area contributed by atoms with Crippen LogP contribution in [0.1, 0.15) is 36.0 Å². The second kappa shape index (κ2) is 7.22. The molecule has 0 unspecified atom stereocenters.